The van der Waals surface area contributed by atoms with Crippen LogP contribution in [0.3, 0.4) is 0 Å². The number of halogens is 1. The number of hydrogen-bond acceptors (Lipinski definition) is 4. The Hall–Kier alpha value is -0.330. The fourth-order valence-corrected chi connectivity index (χ4v) is 4.77. The molecular weight excluding hydrogens is 368 g/mol. The van der Waals surface area contributed by atoms with Gasteiger partial charge in [0.15, 0.2) is 0 Å². The first-order valence-corrected chi connectivity index (χ1v) is 10.2. The van der Waals surface area contributed by atoms with Gasteiger partial charge in [-0.1, -0.05) is 15.9 Å². The molecule has 1 amide bonds. The number of anilines is 1. The number of nitrogens with zero attached hydrogens (tertiary/aromatic N) is 2. The molecule has 1 atom stereocenters. The Morgan fingerprint density at radius 3 is 2.57 bits per heavy atom. The van der Waals surface area contributed by atoms with Crippen LogP contribution >= 0.6 is 39.8 Å². The molecule has 1 aliphatic heterocycles. The minimum Gasteiger partial charge on any atom is -0.331 e. The maximum absolute atomic E-state index is 12.9. The lowest BCUT2D eigenvalue weighted by molar-refractivity contribution is 0.0698. The van der Waals surface area contributed by atoms with E-state index in [-0.39, 0.29) is 5.91 Å². The predicted octanol–water partition coefficient (Wildman–Crippen LogP) is 4.57. The fourth-order valence-electron chi connectivity index (χ4n) is 3.00. The normalized spacial score (nSPS) is 18.9. The Balaban J connectivity index is 1.99. The van der Waals surface area contributed by atoms with Crippen molar-refractivity contribution in [3.05, 3.63) is 27.7 Å². The average Bonchev–Trinajstić information content (AvgIpc) is 3.24. The molecule has 0 aromatic heterocycles. The molecule has 0 saturated heterocycles. The Bertz CT molecular complexity index is 573. The molecule has 1 aromatic rings. The van der Waals surface area contributed by atoms with Gasteiger partial charge in [0.05, 0.1) is 11.3 Å². The quantitative estimate of drug-likeness (QED) is 0.691. The molecule has 114 valence electrons. The third kappa shape index (κ3) is 2.82. The van der Waals surface area contributed by atoms with Gasteiger partial charge < -0.3 is 4.90 Å². The van der Waals surface area contributed by atoms with Crippen LogP contribution in [0, 0.1) is 5.92 Å². The second-order valence-corrected chi connectivity index (χ2v) is 8.20. The maximum Gasteiger partial charge on any atom is 0.256 e. The van der Waals surface area contributed by atoms with Crippen molar-refractivity contribution in [2.45, 2.75) is 32.4 Å². The van der Waals surface area contributed by atoms with Crippen molar-refractivity contribution in [1.29, 1.82) is 0 Å². The van der Waals surface area contributed by atoms with E-state index in [1.807, 2.05) is 12.5 Å². The molecule has 3 nitrogen and oxygen atoms in total. The van der Waals surface area contributed by atoms with Gasteiger partial charge in [0.25, 0.3) is 5.91 Å². The second-order valence-electron chi connectivity index (χ2n) is 5.59. The zero-order valence-electron chi connectivity index (χ0n) is 12.4. The summed E-state index contributed by atoms with van der Waals surface area (Å²) in [7, 11) is 0. The van der Waals surface area contributed by atoms with Crippen molar-refractivity contribution in [1.82, 2.24) is 4.90 Å². The highest BCUT2D eigenvalue weighted by molar-refractivity contribution is 9.10. The summed E-state index contributed by atoms with van der Waals surface area (Å²) in [5, 5.41) is 0. The van der Waals surface area contributed by atoms with E-state index in [4.69, 9.17) is 0 Å². The Morgan fingerprint density at radius 1 is 1.33 bits per heavy atom. The molecule has 1 aliphatic carbocycles. The molecule has 21 heavy (non-hydrogen) atoms. The minimum atomic E-state index is 0.194. The van der Waals surface area contributed by atoms with Gasteiger partial charge in [0, 0.05) is 29.6 Å². The van der Waals surface area contributed by atoms with Gasteiger partial charge in [0.2, 0.25) is 0 Å². The van der Waals surface area contributed by atoms with E-state index in [1.54, 1.807) is 23.9 Å². The van der Waals surface area contributed by atoms with E-state index < -0.39 is 0 Å². The summed E-state index contributed by atoms with van der Waals surface area (Å²) >= 11 is 6.85. The molecule has 1 fully saturated rings. The number of hydrogen-bond donors (Lipinski definition) is 0. The number of carbonyl (C=O) groups is 1. The molecular formula is C15H19BrN2OS2. The largest absolute Gasteiger partial charge is 0.331 e. The van der Waals surface area contributed by atoms with Crippen LogP contribution in [0.25, 0.3) is 0 Å². The van der Waals surface area contributed by atoms with Crippen molar-refractivity contribution in [3.63, 3.8) is 0 Å². The van der Waals surface area contributed by atoms with Crippen molar-refractivity contribution < 1.29 is 4.79 Å². The lowest BCUT2D eigenvalue weighted by atomic mass is 10.1. The van der Waals surface area contributed by atoms with Crippen LogP contribution in [0.15, 0.2) is 16.6 Å². The third-order valence-corrected chi connectivity index (χ3v) is 6.71. The van der Waals surface area contributed by atoms with E-state index >= 15 is 0 Å². The molecule has 6 heteroatoms. The average molecular weight is 387 g/mol. The van der Waals surface area contributed by atoms with Crippen molar-refractivity contribution in [2.75, 3.05) is 16.2 Å². The van der Waals surface area contributed by atoms with Crippen LogP contribution in [0.1, 0.15) is 35.7 Å². The standard InChI is InChI=1S/C15H19BrN2OS2/c1-9(10-4-5-10)17-8-11-6-12(16)7-13(14(11)15(17)19)18(20-2)21-3/h6-7,9-10H,4-5,8H2,1-3H3. The van der Waals surface area contributed by atoms with Gasteiger partial charge in [-0.15, -0.1) is 0 Å². The minimum absolute atomic E-state index is 0.194. The van der Waals surface area contributed by atoms with Crippen molar-refractivity contribution in [2.24, 2.45) is 5.92 Å². The zero-order valence-corrected chi connectivity index (χ0v) is 15.6. The smallest absolute Gasteiger partial charge is 0.256 e. The molecule has 0 bridgehead atoms. The molecule has 0 spiro atoms. The number of rotatable bonds is 5. The van der Waals surface area contributed by atoms with E-state index in [2.05, 4.69) is 43.6 Å². The summed E-state index contributed by atoms with van der Waals surface area (Å²) in [5.74, 6) is 0.896. The van der Waals surface area contributed by atoms with Crippen molar-refractivity contribution in [3.8, 4) is 0 Å². The molecule has 0 N–H and O–H groups in total. The fraction of sp³-hybridized carbons (Fsp3) is 0.533. The summed E-state index contributed by atoms with van der Waals surface area (Å²) < 4.78 is 3.14. The Kier molecular flexibility index (Phi) is 4.48. The Labute approximate surface area is 143 Å². The summed E-state index contributed by atoms with van der Waals surface area (Å²) in [4.78, 5) is 15.0. The zero-order chi connectivity index (χ0) is 15.1. The molecule has 1 saturated carbocycles. The van der Waals surface area contributed by atoms with Gasteiger partial charge in [-0.05, 0) is 67.3 Å². The van der Waals surface area contributed by atoms with Crippen LogP contribution in [0.2, 0.25) is 0 Å². The van der Waals surface area contributed by atoms with Crippen LogP contribution in [0.4, 0.5) is 5.69 Å². The molecule has 0 radical (unpaired) electrons. The Morgan fingerprint density at radius 2 is 2.00 bits per heavy atom. The number of amides is 1. The number of fused-ring (bicyclic) bond motifs is 1. The SMILES string of the molecule is CSN(SC)c1cc(Br)cc2c1C(=O)N(C(C)C1CC1)C2. The van der Waals surface area contributed by atoms with E-state index in [0.29, 0.717) is 12.0 Å². The first-order chi connectivity index (χ1) is 10.1. The molecule has 1 heterocycles. The topological polar surface area (TPSA) is 23.6 Å². The highest BCUT2D eigenvalue weighted by Crippen LogP contribution is 2.43. The predicted molar refractivity (Wildman–Crippen MR) is 95.7 cm³/mol. The lowest BCUT2D eigenvalue weighted by Crippen LogP contribution is -2.34. The third-order valence-electron chi connectivity index (χ3n) is 4.30. The molecule has 1 aromatic carbocycles. The molecule has 3 rings (SSSR count). The van der Waals surface area contributed by atoms with Gasteiger partial charge in [-0.25, -0.2) is 0 Å². The summed E-state index contributed by atoms with van der Waals surface area (Å²) in [5.41, 5.74) is 3.04. The van der Waals surface area contributed by atoms with Gasteiger partial charge in [-0.3, -0.25) is 8.51 Å². The van der Waals surface area contributed by atoms with Crippen LogP contribution in [-0.4, -0.2) is 29.4 Å². The molecule has 1 unspecified atom stereocenters. The van der Waals surface area contributed by atoms with Crippen LogP contribution in [-0.2, 0) is 6.54 Å². The van der Waals surface area contributed by atoms with E-state index in [9.17, 15) is 4.79 Å². The van der Waals surface area contributed by atoms with Gasteiger partial charge >= 0.3 is 0 Å². The van der Waals surface area contributed by atoms with Crippen molar-refractivity contribution >= 4 is 51.4 Å². The lowest BCUT2D eigenvalue weighted by Gasteiger charge is -2.24. The molecule has 2 aliphatic rings. The van der Waals surface area contributed by atoms with Crippen LogP contribution in [0.5, 0.6) is 0 Å². The summed E-state index contributed by atoms with van der Waals surface area (Å²) in [6.45, 7) is 2.94. The van der Waals surface area contributed by atoms with Crippen LogP contribution < -0.4 is 3.71 Å². The van der Waals surface area contributed by atoms with E-state index in [1.165, 1.54) is 12.8 Å². The van der Waals surface area contributed by atoms with E-state index in [0.717, 1.165) is 27.8 Å². The van der Waals surface area contributed by atoms with Gasteiger partial charge in [-0.2, -0.15) is 0 Å². The van der Waals surface area contributed by atoms with Gasteiger partial charge in [0.1, 0.15) is 0 Å². The first-order valence-electron chi connectivity index (χ1n) is 7.08. The summed E-state index contributed by atoms with van der Waals surface area (Å²) in [6, 6.07) is 4.50. The monoisotopic (exact) mass is 386 g/mol. The summed E-state index contributed by atoms with van der Waals surface area (Å²) in [6.07, 6.45) is 6.60. The first kappa shape index (κ1) is 15.6. The highest BCUT2D eigenvalue weighted by Gasteiger charge is 2.40. The maximum atomic E-state index is 12.9. The number of carbonyl (C=O) groups excluding carboxylic acids is 1. The number of benzene rings is 1. The highest BCUT2D eigenvalue weighted by atomic mass is 79.9. The second kappa shape index (κ2) is 6.05.